The molecule has 0 bridgehead atoms. The summed E-state index contributed by atoms with van der Waals surface area (Å²) in [5, 5.41) is 18.4. The van der Waals surface area contributed by atoms with Gasteiger partial charge < -0.3 is 10.2 Å². The van der Waals surface area contributed by atoms with Crippen LogP contribution in [0, 0.1) is 0 Å². The largest absolute Gasteiger partial charge is 0.508 e. The lowest BCUT2D eigenvalue weighted by atomic mass is 9.97. The van der Waals surface area contributed by atoms with Crippen LogP contribution in [0.25, 0.3) is 0 Å². The van der Waals surface area contributed by atoms with Gasteiger partial charge in [0.1, 0.15) is 11.8 Å². The maximum atomic E-state index is 11.3. The van der Waals surface area contributed by atoms with Crippen LogP contribution in [0.5, 0.6) is 5.75 Å². The topological polar surface area (TPSA) is 60.8 Å². The lowest BCUT2D eigenvalue weighted by molar-refractivity contribution is -0.146. The summed E-state index contributed by atoms with van der Waals surface area (Å²) in [6, 6.07) is 6.63. The first-order valence-electron chi connectivity index (χ1n) is 5.84. The average molecular weight is 235 g/mol. The van der Waals surface area contributed by atoms with E-state index in [9.17, 15) is 15.0 Å². The third-order valence-electron chi connectivity index (χ3n) is 3.42. The van der Waals surface area contributed by atoms with E-state index >= 15 is 0 Å². The van der Waals surface area contributed by atoms with E-state index in [4.69, 9.17) is 0 Å². The second kappa shape index (κ2) is 4.75. The van der Waals surface area contributed by atoms with E-state index in [-0.39, 0.29) is 5.75 Å². The molecule has 2 atom stereocenters. The van der Waals surface area contributed by atoms with Gasteiger partial charge in [0.05, 0.1) is 0 Å². The quantitative estimate of drug-likeness (QED) is 0.830. The Morgan fingerprint density at radius 2 is 2.12 bits per heavy atom. The zero-order chi connectivity index (χ0) is 12.4. The predicted molar refractivity (Wildman–Crippen MR) is 64.0 cm³/mol. The van der Waals surface area contributed by atoms with Crippen molar-refractivity contribution in [1.29, 1.82) is 0 Å². The second-order valence-electron chi connectivity index (χ2n) is 4.60. The number of benzene rings is 1. The van der Waals surface area contributed by atoms with Crippen molar-refractivity contribution in [1.82, 2.24) is 4.90 Å². The molecule has 0 aromatic heterocycles. The van der Waals surface area contributed by atoms with E-state index in [0.717, 1.165) is 18.5 Å². The van der Waals surface area contributed by atoms with Crippen molar-refractivity contribution in [3.05, 3.63) is 29.8 Å². The minimum absolute atomic E-state index is 0.206. The molecule has 0 spiro atoms. The van der Waals surface area contributed by atoms with Crippen LogP contribution < -0.4 is 0 Å². The molecule has 1 fully saturated rings. The second-order valence-corrected chi connectivity index (χ2v) is 4.60. The minimum Gasteiger partial charge on any atom is -0.508 e. The number of hydrogen-bond donors (Lipinski definition) is 2. The fourth-order valence-electron chi connectivity index (χ4n) is 2.20. The highest BCUT2D eigenvalue weighted by atomic mass is 16.4. The summed E-state index contributed by atoms with van der Waals surface area (Å²) in [6.45, 7) is 2.91. The van der Waals surface area contributed by atoms with Crippen molar-refractivity contribution in [2.24, 2.45) is 0 Å². The average Bonchev–Trinajstić information content (AvgIpc) is 2.29. The number of likely N-dealkylation sites (tertiary alicyclic amines) is 1. The number of phenols is 1. The van der Waals surface area contributed by atoms with Gasteiger partial charge in [-0.15, -0.1) is 0 Å². The number of carboxylic acid groups (broad SMARTS) is 1. The summed E-state index contributed by atoms with van der Waals surface area (Å²) >= 11 is 0. The number of carbonyl (C=O) groups is 1. The van der Waals surface area contributed by atoms with E-state index in [0.29, 0.717) is 12.5 Å². The van der Waals surface area contributed by atoms with Crippen molar-refractivity contribution in [2.75, 3.05) is 6.54 Å². The summed E-state index contributed by atoms with van der Waals surface area (Å²) in [4.78, 5) is 13.3. The van der Waals surface area contributed by atoms with E-state index in [2.05, 4.69) is 6.92 Å². The van der Waals surface area contributed by atoms with Crippen molar-refractivity contribution in [3.8, 4) is 5.75 Å². The monoisotopic (exact) mass is 235 g/mol. The van der Waals surface area contributed by atoms with Crippen LogP contribution in [-0.2, 0) is 11.2 Å². The highest BCUT2D eigenvalue weighted by Gasteiger charge is 2.34. The Labute approximate surface area is 100 Å². The molecule has 0 aliphatic carbocycles. The molecule has 4 heteroatoms. The molecule has 1 heterocycles. The van der Waals surface area contributed by atoms with Gasteiger partial charge in [-0.2, -0.15) is 0 Å². The Kier molecular flexibility index (Phi) is 3.33. The van der Waals surface area contributed by atoms with Gasteiger partial charge in [0.25, 0.3) is 0 Å². The number of hydrogen-bond acceptors (Lipinski definition) is 3. The smallest absolute Gasteiger partial charge is 0.321 e. The standard InChI is InChI=1S/C13H17NO3/c1-9-6-7-14(9)12(13(16)17)8-10-2-4-11(15)5-3-10/h2-5,9,12,15H,6-8H2,1H3,(H,16,17). The Bertz CT molecular complexity index is 402. The van der Waals surface area contributed by atoms with E-state index in [1.165, 1.54) is 0 Å². The molecule has 1 aromatic carbocycles. The Morgan fingerprint density at radius 3 is 2.53 bits per heavy atom. The third kappa shape index (κ3) is 2.58. The molecule has 0 radical (unpaired) electrons. The van der Waals surface area contributed by atoms with E-state index in [1.807, 2.05) is 4.90 Å². The van der Waals surface area contributed by atoms with Crippen LogP contribution >= 0.6 is 0 Å². The minimum atomic E-state index is -0.773. The number of phenolic OH excluding ortho intramolecular Hbond substituents is 1. The van der Waals surface area contributed by atoms with Gasteiger partial charge in [0.2, 0.25) is 0 Å². The molecule has 0 saturated carbocycles. The van der Waals surface area contributed by atoms with Gasteiger partial charge in [0, 0.05) is 12.6 Å². The zero-order valence-corrected chi connectivity index (χ0v) is 9.84. The SMILES string of the molecule is CC1CCN1C(Cc1ccc(O)cc1)C(=O)O. The van der Waals surface area contributed by atoms with Crippen molar-refractivity contribution >= 4 is 5.97 Å². The van der Waals surface area contributed by atoms with Gasteiger partial charge >= 0.3 is 5.97 Å². The number of carboxylic acids is 1. The molecule has 0 amide bonds. The van der Waals surface area contributed by atoms with Crippen LogP contribution in [0.15, 0.2) is 24.3 Å². The lowest BCUT2D eigenvalue weighted by Crippen LogP contribution is -2.55. The molecular formula is C13H17NO3. The van der Waals surface area contributed by atoms with Gasteiger partial charge in [-0.25, -0.2) is 0 Å². The molecule has 1 aromatic rings. The summed E-state index contributed by atoms with van der Waals surface area (Å²) in [6.07, 6.45) is 1.55. The lowest BCUT2D eigenvalue weighted by Gasteiger charge is -2.42. The first-order chi connectivity index (χ1) is 8.08. The van der Waals surface area contributed by atoms with Gasteiger partial charge in [-0.05, 0) is 37.5 Å². The summed E-state index contributed by atoms with van der Waals surface area (Å²) in [5.41, 5.74) is 0.939. The zero-order valence-electron chi connectivity index (χ0n) is 9.84. The van der Waals surface area contributed by atoms with Crippen LogP contribution in [0.1, 0.15) is 18.9 Å². The Morgan fingerprint density at radius 1 is 1.47 bits per heavy atom. The molecular weight excluding hydrogens is 218 g/mol. The fraction of sp³-hybridized carbons (Fsp3) is 0.462. The number of aliphatic carboxylic acids is 1. The summed E-state index contributed by atoms with van der Waals surface area (Å²) < 4.78 is 0. The molecule has 2 N–H and O–H groups in total. The number of aromatic hydroxyl groups is 1. The van der Waals surface area contributed by atoms with Crippen LogP contribution in [0.3, 0.4) is 0 Å². The maximum Gasteiger partial charge on any atom is 0.321 e. The van der Waals surface area contributed by atoms with Crippen LogP contribution in [0.4, 0.5) is 0 Å². The first-order valence-corrected chi connectivity index (χ1v) is 5.84. The van der Waals surface area contributed by atoms with Gasteiger partial charge in [-0.3, -0.25) is 9.69 Å². The summed E-state index contributed by atoms with van der Waals surface area (Å²) in [5.74, 6) is -0.567. The van der Waals surface area contributed by atoms with Crippen molar-refractivity contribution < 1.29 is 15.0 Å². The molecule has 4 nitrogen and oxygen atoms in total. The van der Waals surface area contributed by atoms with Gasteiger partial charge in [-0.1, -0.05) is 12.1 Å². The highest BCUT2D eigenvalue weighted by Crippen LogP contribution is 2.23. The first kappa shape index (κ1) is 11.9. The molecule has 17 heavy (non-hydrogen) atoms. The fourth-order valence-corrected chi connectivity index (χ4v) is 2.20. The van der Waals surface area contributed by atoms with Crippen molar-refractivity contribution in [3.63, 3.8) is 0 Å². The normalized spacial score (nSPS) is 21.8. The van der Waals surface area contributed by atoms with E-state index in [1.54, 1.807) is 24.3 Å². The molecule has 2 unspecified atom stereocenters. The Hall–Kier alpha value is -1.55. The Balaban J connectivity index is 2.07. The predicted octanol–water partition coefficient (Wildman–Crippen LogP) is 1.48. The number of rotatable bonds is 4. The third-order valence-corrected chi connectivity index (χ3v) is 3.42. The highest BCUT2D eigenvalue weighted by molar-refractivity contribution is 5.74. The molecule has 2 rings (SSSR count). The maximum absolute atomic E-state index is 11.3. The van der Waals surface area contributed by atoms with Crippen LogP contribution in [0.2, 0.25) is 0 Å². The van der Waals surface area contributed by atoms with E-state index < -0.39 is 12.0 Å². The molecule has 92 valence electrons. The molecule has 1 aliphatic rings. The summed E-state index contributed by atoms with van der Waals surface area (Å²) in [7, 11) is 0. The molecule has 1 aliphatic heterocycles. The van der Waals surface area contributed by atoms with Gasteiger partial charge in [0.15, 0.2) is 0 Å². The number of nitrogens with zero attached hydrogens (tertiary/aromatic N) is 1. The van der Waals surface area contributed by atoms with Crippen molar-refractivity contribution in [2.45, 2.75) is 31.8 Å². The van der Waals surface area contributed by atoms with Crippen LogP contribution in [-0.4, -0.2) is 39.7 Å². The molecule has 1 saturated heterocycles.